The van der Waals surface area contributed by atoms with Gasteiger partial charge in [0.05, 0.1) is 18.0 Å². The molecule has 1 heterocycles. The fourth-order valence-corrected chi connectivity index (χ4v) is 1.03. The second kappa shape index (κ2) is 2.89. The van der Waals surface area contributed by atoms with Gasteiger partial charge in [-0.3, -0.25) is 4.79 Å². The van der Waals surface area contributed by atoms with Gasteiger partial charge in [-0.2, -0.15) is 5.26 Å². The van der Waals surface area contributed by atoms with Gasteiger partial charge in [0.25, 0.3) is 0 Å². The molecule has 2 N–H and O–H groups in total. The quantitative estimate of drug-likeness (QED) is 0.542. The highest BCUT2D eigenvalue weighted by Gasteiger charge is 2.31. The van der Waals surface area contributed by atoms with Crippen LogP contribution < -0.4 is 5.73 Å². The summed E-state index contributed by atoms with van der Waals surface area (Å²) in [4.78, 5) is 12.7. The summed E-state index contributed by atoms with van der Waals surface area (Å²) < 4.78 is 0. The van der Waals surface area contributed by atoms with Crippen molar-refractivity contribution < 1.29 is 4.79 Å². The fraction of sp³-hybridized carbons (Fsp3) is 0.714. The molecule has 4 nitrogen and oxygen atoms in total. The van der Waals surface area contributed by atoms with Gasteiger partial charge in [-0.05, 0) is 6.92 Å². The lowest BCUT2D eigenvalue weighted by atomic mass is 10.0. The van der Waals surface area contributed by atoms with Gasteiger partial charge in [0.1, 0.15) is 0 Å². The number of likely N-dealkylation sites (tertiary alicyclic amines) is 1. The fourth-order valence-electron chi connectivity index (χ4n) is 1.03. The van der Waals surface area contributed by atoms with Gasteiger partial charge in [0, 0.05) is 13.1 Å². The molecule has 0 radical (unpaired) electrons. The molecule has 1 aliphatic heterocycles. The van der Waals surface area contributed by atoms with Gasteiger partial charge in [-0.25, -0.2) is 0 Å². The first-order valence-corrected chi connectivity index (χ1v) is 3.59. The summed E-state index contributed by atoms with van der Waals surface area (Å²) in [6, 6.07) is 1.65. The van der Waals surface area contributed by atoms with Crippen LogP contribution in [-0.2, 0) is 4.79 Å². The van der Waals surface area contributed by atoms with Gasteiger partial charge >= 0.3 is 0 Å². The monoisotopic (exact) mass is 153 g/mol. The normalized spacial score (nSPS) is 20.3. The van der Waals surface area contributed by atoms with E-state index in [-0.39, 0.29) is 11.8 Å². The van der Waals surface area contributed by atoms with Crippen molar-refractivity contribution in [2.75, 3.05) is 13.1 Å². The van der Waals surface area contributed by atoms with Crippen LogP contribution in [0.15, 0.2) is 0 Å². The van der Waals surface area contributed by atoms with E-state index in [1.807, 2.05) is 0 Å². The molecular formula is C7H11N3O. The summed E-state index contributed by atoms with van der Waals surface area (Å²) in [5, 5.41) is 8.40. The first kappa shape index (κ1) is 8.02. The topological polar surface area (TPSA) is 70.1 Å². The maximum absolute atomic E-state index is 11.1. The predicted octanol–water partition coefficient (Wildman–Crippen LogP) is -0.684. The maximum Gasteiger partial charge on any atom is 0.239 e. The lowest BCUT2D eigenvalue weighted by molar-refractivity contribution is -0.137. The number of carbonyl (C=O) groups is 1. The molecule has 0 aromatic heterocycles. The van der Waals surface area contributed by atoms with Gasteiger partial charge in [0.2, 0.25) is 5.91 Å². The molecule has 4 heteroatoms. The Balaban J connectivity index is 2.34. The Morgan fingerprint density at radius 2 is 2.36 bits per heavy atom. The molecule has 0 saturated carbocycles. The Morgan fingerprint density at radius 1 is 1.82 bits per heavy atom. The number of carbonyl (C=O) groups excluding carboxylic acids is 1. The van der Waals surface area contributed by atoms with Crippen LogP contribution in [0.25, 0.3) is 0 Å². The third-order valence-electron chi connectivity index (χ3n) is 1.77. The smallest absolute Gasteiger partial charge is 0.239 e. The number of amides is 1. The molecule has 0 bridgehead atoms. The minimum absolute atomic E-state index is 0.0256. The largest absolute Gasteiger partial charge is 0.339 e. The van der Waals surface area contributed by atoms with Crippen molar-refractivity contribution in [1.82, 2.24) is 4.90 Å². The number of rotatable bonds is 1. The average molecular weight is 153 g/mol. The van der Waals surface area contributed by atoms with E-state index < -0.39 is 6.04 Å². The molecule has 0 aliphatic carbocycles. The summed E-state index contributed by atoms with van der Waals surface area (Å²) in [6.45, 7) is 2.76. The van der Waals surface area contributed by atoms with Gasteiger partial charge in [0.15, 0.2) is 0 Å². The van der Waals surface area contributed by atoms with Crippen LogP contribution in [0, 0.1) is 17.2 Å². The minimum atomic E-state index is -0.436. The highest BCUT2D eigenvalue weighted by molar-refractivity contribution is 5.82. The van der Waals surface area contributed by atoms with Crippen molar-refractivity contribution in [3.05, 3.63) is 0 Å². The number of hydrogen-bond donors (Lipinski definition) is 1. The summed E-state index contributed by atoms with van der Waals surface area (Å²) in [5.74, 6) is -0.0331. The summed E-state index contributed by atoms with van der Waals surface area (Å²) in [6.07, 6.45) is 0. The molecule has 0 unspecified atom stereocenters. The molecule has 1 rings (SSSR count). The molecular weight excluding hydrogens is 142 g/mol. The summed E-state index contributed by atoms with van der Waals surface area (Å²) in [7, 11) is 0. The third kappa shape index (κ3) is 1.49. The van der Waals surface area contributed by atoms with Crippen molar-refractivity contribution in [3.8, 4) is 6.07 Å². The molecule has 0 spiro atoms. The van der Waals surface area contributed by atoms with Gasteiger partial charge in [-0.1, -0.05) is 0 Å². The molecule has 11 heavy (non-hydrogen) atoms. The maximum atomic E-state index is 11.1. The molecule has 1 fully saturated rings. The van der Waals surface area contributed by atoms with E-state index in [1.165, 1.54) is 0 Å². The van der Waals surface area contributed by atoms with Crippen molar-refractivity contribution >= 4 is 5.91 Å². The van der Waals surface area contributed by atoms with Crippen LogP contribution in [0.1, 0.15) is 6.92 Å². The summed E-state index contributed by atoms with van der Waals surface area (Å²) >= 11 is 0. The van der Waals surface area contributed by atoms with E-state index in [4.69, 9.17) is 11.0 Å². The molecule has 1 amide bonds. The predicted molar refractivity (Wildman–Crippen MR) is 39.3 cm³/mol. The van der Waals surface area contributed by atoms with E-state index in [2.05, 4.69) is 6.07 Å². The first-order valence-electron chi connectivity index (χ1n) is 3.59. The van der Waals surface area contributed by atoms with Crippen LogP contribution in [0.3, 0.4) is 0 Å². The number of nitrogens with zero attached hydrogens (tertiary/aromatic N) is 2. The number of nitriles is 1. The highest BCUT2D eigenvalue weighted by Crippen LogP contribution is 2.14. The van der Waals surface area contributed by atoms with Gasteiger partial charge in [-0.15, -0.1) is 0 Å². The Bertz CT molecular complexity index is 200. The van der Waals surface area contributed by atoms with E-state index in [0.29, 0.717) is 13.1 Å². The molecule has 0 aromatic carbocycles. The molecule has 1 atom stereocenters. The van der Waals surface area contributed by atoms with Crippen molar-refractivity contribution in [3.63, 3.8) is 0 Å². The summed E-state index contributed by atoms with van der Waals surface area (Å²) in [5.41, 5.74) is 5.36. The van der Waals surface area contributed by atoms with Crippen LogP contribution in [-0.4, -0.2) is 29.9 Å². The van der Waals surface area contributed by atoms with E-state index in [0.717, 1.165) is 0 Å². The van der Waals surface area contributed by atoms with E-state index in [1.54, 1.807) is 11.8 Å². The Labute approximate surface area is 65.6 Å². The first-order chi connectivity index (χ1) is 5.15. The SMILES string of the molecule is C[C@@H](N)C(=O)N1CC(C#N)C1. The number of hydrogen-bond acceptors (Lipinski definition) is 3. The Morgan fingerprint density at radius 3 is 2.73 bits per heavy atom. The van der Waals surface area contributed by atoms with E-state index in [9.17, 15) is 4.79 Å². The highest BCUT2D eigenvalue weighted by atomic mass is 16.2. The number of nitrogens with two attached hydrogens (primary N) is 1. The van der Waals surface area contributed by atoms with Crippen molar-refractivity contribution in [2.24, 2.45) is 11.7 Å². The standard InChI is InChI=1S/C7H11N3O/c1-5(9)7(11)10-3-6(2-8)4-10/h5-6H,3-4,9H2,1H3/t5-/m1/s1. The van der Waals surface area contributed by atoms with Crippen LogP contribution in [0.4, 0.5) is 0 Å². The average Bonchev–Trinajstić information content (AvgIpc) is 1.85. The molecule has 1 aliphatic rings. The lowest BCUT2D eigenvalue weighted by Gasteiger charge is -2.36. The van der Waals surface area contributed by atoms with Gasteiger partial charge < -0.3 is 10.6 Å². The van der Waals surface area contributed by atoms with E-state index >= 15 is 0 Å². The minimum Gasteiger partial charge on any atom is -0.339 e. The van der Waals surface area contributed by atoms with Crippen LogP contribution in [0.2, 0.25) is 0 Å². The zero-order chi connectivity index (χ0) is 8.43. The molecule has 60 valence electrons. The lowest BCUT2D eigenvalue weighted by Crippen LogP contribution is -2.54. The zero-order valence-corrected chi connectivity index (χ0v) is 6.45. The Kier molecular flexibility index (Phi) is 2.11. The molecule has 1 saturated heterocycles. The molecule has 0 aromatic rings. The van der Waals surface area contributed by atoms with Crippen molar-refractivity contribution in [1.29, 1.82) is 5.26 Å². The van der Waals surface area contributed by atoms with Crippen LogP contribution >= 0.6 is 0 Å². The Hall–Kier alpha value is -1.08. The second-order valence-electron chi connectivity index (χ2n) is 2.86. The zero-order valence-electron chi connectivity index (χ0n) is 6.45. The van der Waals surface area contributed by atoms with Crippen molar-refractivity contribution in [2.45, 2.75) is 13.0 Å². The second-order valence-corrected chi connectivity index (χ2v) is 2.86. The third-order valence-corrected chi connectivity index (χ3v) is 1.77. The van der Waals surface area contributed by atoms with Crippen LogP contribution in [0.5, 0.6) is 0 Å².